The van der Waals surface area contributed by atoms with E-state index in [1.807, 2.05) is 18.2 Å². The third-order valence-electron chi connectivity index (χ3n) is 3.75. The number of benzene rings is 1. The van der Waals surface area contributed by atoms with Crippen LogP contribution in [0.5, 0.6) is 0 Å². The fourth-order valence-corrected chi connectivity index (χ4v) is 2.41. The van der Waals surface area contributed by atoms with E-state index in [2.05, 4.69) is 0 Å². The number of hydrogen-bond acceptors (Lipinski definition) is 2. The molecule has 0 aromatic heterocycles. The summed E-state index contributed by atoms with van der Waals surface area (Å²) in [7, 11) is 0. The summed E-state index contributed by atoms with van der Waals surface area (Å²) in [4.78, 5) is 13.8. The van der Waals surface area contributed by atoms with Gasteiger partial charge in [-0.1, -0.05) is 30.3 Å². The second-order valence-electron chi connectivity index (χ2n) is 5.64. The number of alkyl halides is 3. The predicted octanol–water partition coefficient (Wildman–Crippen LogP) is 2.75. The normalized spacial score (nSPS) is 20.4. The molecular formula is C15H18F3NO2. The molecule has 3 nitrogen and oxygen atoms in total. The number of carbonyl (C=O) groups excluding carboxylic acids is 1. The summed E-state index contributed by atoms with van der Waals surface area (Å²) in [6.45, 7) is 3.09. The maximum Gasteiger partial charge on any atom is 0.416 e. The molecule has 1 aromatic rings. The maximum absolute atomic E-state index is 12.7. The van der Waals surface area contributed by atoms with Crippen LogP contribution in [0.15, 0.2) is 30.3 Å². The first-order valence-electron chi connectivity index (χ1n) is 6.76. The Balaban J connectivity index is 2.16. The van der Waals surface area contributed by atoms with Gasteiger partial charge in [-0.3, -0.25) is 4.79 Å². The lowest BCUT2D eigenvalue weighted by Gasteiger charge is -2.38. The fourth-order valence-electron chi connectivity index (χ4n) is 2.41. The lowest BCUT2D eigenvalue weighted by atomic mass is 9.83. The van der Waals surface area contributed by atoms with Crippen molar-refractivity contribution in [3.05, 3.63) is 35.9 Å². The monoisotopic (exact) mass is 301 g/mol. The van der Waals surface area contributed by atoms with E-state index < -0.39 is 24.2 Å². The van der Waals surface area contributed by atoms with Gasteiger partial charge in [-0.2, -0.15) is 13.2 Å². The largest absolute Gasteiger partial charge is 0.416 e. The van der Waals surface area contributed by atoms with Crippen LogP contribution in [0.25, 0.3) is 0 Å². The number of amides is 1. The van der Waals surface area contributed by atoms with Crippen LogP contribution in [0.4, 0.5) is 13.2 Å². The Hall–Kier alpha value is -1.56. The van der Waals surface area contributed by atoms with Gasteiger partial charge in [-0.25, -0.2) is 0 Å². The number of rotatable bonds is 2. The average molecular weight is 301 g/mol. The zero-order valence-electron chi connectivity index (χ0n) is 12.0. The van der Waals surface area contributed by atoms with Gasteiger partial charge in [0.05, 0.1) is 18.6 Å². The summed E-state index contributed by atoms with van der Waals surface area (Å²) in [6.07, 6.45) is -6.35. The highest BCUT2D eigenvalue weighted by Crippen LogP contribution is 2.30. The molecule has 1 unspecified atom stereocenters. The van der Waals surface area contributed by atoms with Crippen molar-refractivity contribution in [1.82, 2.24) is 4.90 Å². The molecule has 1 aliphatic rings. The molecule has 0 saturated carbocycles. The van der Waals surface area contributed by atoms with Crippen molar-refractivity contribution in [2.24, 2.45) is 0 Å². The number of hydrogen-bond donors (Lipinski definition) is 0. The molecule has 0 N–H and O–H groups in total. The second-order valence-corrected chi connectivity index (χ2v) is 5.64. The van der Waals surface area contributed by atoms with Crippen molar-refractivity contribution in [3.8, 4) is 0 Å². The molecule has 21 heavy (non-hydrogen) atoms. The van der Waals surface area contributed by atoms with Crippen molar-refractivity contribution < 1.29 is 22.7 Å². The molecule has 1 heterocycles. The number of carbonyl (C=O) groups is 1. The van der Waals surface area contributed by atoms with Crippen LogP contribution in [-0.2, 0) is 14.9 Å². The van der Waals surface area contributed by atoms with Gasteiger partial charge in [0.25, 0.3) is 0 Å². The van der Waals surface area contributed by atoms with Crippen LogP contribution in [0.2, 0.25) is 0 Å². The molecule has 0 spiro atoms. The molecule has 1 amide bonds. The van der Waals surface area contributed by atoms with Gasteiger partial charge >= 0.3 is 6.18 Å². The third kappa shape index (κ3) is 3.37. The van der Waals surface area contributed by atoms with Gasteiger partial charge < -0.3 is 9.64 Å². The van der Waals surface area contributed by atoms with Gasteiger partial charge in [0.15, 0.2) is 6.10 Å². The standard InChI is InChI=1S/C15H18F3NO2/c1-14(2,11-6-4-3-5-7-11)13(20)19-8-9-21-12(10-19)15(16,17)18/h3-7,12H,8-10H2,1-2H3. The van der Waals surface area contributed by atoms with Crippen molar-refractivity contribution in [2.45, 2.75) is 31.5 Å². The number of ether oxygens (including phenoxy) is 1. The summed E-state index contributed by atoms with van der Waals surface area (Å²) in [5.41, 5.74) is -0.0839. The Bertz CT molecular complexity index is 499. The molecule has 0 radical (unpaired) electrons. The molecule has 1 saturated heterocycles. The predicted molar refractivity (Wildman–Crippen MR) is 71.8 cm³/mol. The highest BCUT2D eigenvalue weighted by atomic mass is 19.4. The lowest BCUT2D eigenvalue weighted by molar-refractivity contribution is -0.236. The maximum atomic E-state index is 12.7. The van der Waals surface area contributed by atoms with Crippen molar-refractivity contribution >= 4 is 5.91 Å². The summed E-state index contributed by atoms with van der Waals surface area (Å²) in [5, 5.41) is 0. The molecule has 2 rings (SSSR count). The number of halogens is 3. The van der Waals surface area contributed by atoms with Crippen LogP contribution in [0, 0.1) is 0 Å². The van der Waals surface area contributed by atoms with Crippen LogP contribution in [0.3, 0.4) is 0 Å². The summed E-state index contributed by atoms with van der Waals surface area (Å²) >= 11 is 0. The van der Waals surface area contributed by atoms with E-state index in [0.717, 1.165) is 5.56 Å². The fraction of sp³-hybridized carbons (Fsp3) is 0.533. The minimum atomic E-state index is -4.45. The minimum absolute atomic E-state index is 0.0964. The number of morpholine rings is 1. The Morgan fingerprint density at radius 2 is 1.86 bits per heavy atom. The van der Waals surface area contributed by atoms with Gasteiger partial charge in [-0.05, 0) is 19.4 Å². The van der Waals surface area contributed by atoms with Gasteiger partial charge in [0.2, 0.25) is 5.91 Å². The van der Waals surface area contributed by atoms with Gasteiger partial charge in [-0.15, -0.1) is 0 Å². The Morgan fingerprint density at radius 3 is 2.43 bits per heavy atom. The quantitative estimate of drug-likeness (QED) is 0.840. The van der Waals surface area contributed by atoms with Crippen molar-refractivity contribution in [2.75, 3.05) is 19.7 Å². The molecule has 1 aliphatic heterocycles. The van der Waals surface area contributed by atoms with Crippen molar-refractivity contribution in [1.29, 1.82) is 0 Å². The van der Waals surface area contributed by atoms with E-state index in [1.165, 1.54) is 4.90 Å². The molecule has 1 aromatic carbocycles. The van der Waals surface area contributed by atoms with Crippen LogP contribution in [-0.4, -0.2) is 42.8 Å². The zero-order chi connectivity index (χ0) is 15.7. The Morgan fingerprint density at radius 1 is 1.24 bits per heavy atom. The SMILES string of the molecule is CC(C)(C(=O)N1CCOC(C(F)(F)F)C1)c1ccccc1. The molecule has 0 bridgehead atoms. The summed E-state index contributed by atoms with van der Waals surface area (Å²) in [6, 6.07) is 9.06. The molecule has 0 aliphatic carbocycles. The Labute approximate surface area is 121 Å². The second kappa shape index (κ2) is 5.67. The van der Waals surface area contributed by atoms with Crippen LogP contribution < -0.4 is 0 Å². The highest BCUT2D eigenvalue weighted by Gasteiger charge is 2.46. The first-order chi connectivity index (χ1) is 9.73. The number of nitrogens with zero attached hydrogens (tertiary/aromatic N) is 1. The summed E-state index contributed by atoms with van der Waals surface area (Å²) in [5.74, 6) is -0.314. The van der Waals surface area contributed by atoms with Gasteiger partial charge in [0, 0.05) is 6.54 Å². The lowest BCUT2D eigenvalue weighted by Crippen LogP contribution is -2.54. The highest BCUT2D eigenvalue weighted by molar-refractivity contribution is 5.87. The molecule has 1 fully saturated rings. The summed E-state index contributed by atoms with van der Waals surface area (Å²) < 4.78 is 42.9. The molecule has 6 heteroatoms. The zero-order valence-corrected chi connectivity index (χ0v) is 12.0. The molecule has 116 valence electrons. The molecular weight excluding hydrogens is 283 g/mol. The smallest absolute Gasteiger partial charge is 0.365 e. The van der Waals surface area contributed by atoms with E-state index >= 15 is 0 Å². The van der Waals surface area contributed by atoms with Gasteiger partial charge in [0.1, 0.15) is 0 Å². The van der Waals surface area contributed by atoms with Crippen LogP contribution >= 0.6 is 0 Å². The van der Waals surface area contributed by atoms with E-state index in [1.54, 1.807) is 26.0 Å². The third-order valence-corrected chi connectivity index (χ3v) is 3.75. The topological polar surface area (TPSA) is 29.5 Å². The van der Waals surface area contributed by atoms with E-state index in [4.69, 9.17) is 4.74 Å². The first-order valence-corrected chi connectivity index (χ1v) is 6.76. The van der Waals surface area contributed by atoms with E-state index in [-0.39, 0.29) is 19.1 Å². The average Bonchev–Trinajstić information content (AvgIpc) is 2.46. The minimum Gasteiger partial charge on any atom is -0.365 e. The van der Waals surface area contributed by atoms with Crippen LogP contribution in [0.1, 0.15) is 19.4 Å². The Kier molecular flexibility index (Phi) is 4.27. The van der Waals surface area contributed by atoms with E-state index in [9.17, 15) is 18.0 Å². The van der Waals surface area contributed by atoms with E-state index in [0.29, 0.717) is 0 Å². The van der Waals surface area contributed by atoms with Crippen molar-refractivity contribution in [3.63, 3.8) is 0 Å². The molecule has 1 atom stereocenters. The first kappa shape index (κ1) is 15.8.